The quantitative estimate of drug-likeness (QED) is 0.590. The summed E-state index contributed by atoms with van der Waals surface area (Å²) in [6.07, 6.45) is 0. The van der Waals surface area contributed by atoms with E-state index in [2.05, 4.69) is 27.7 Å². The summed E-state index contributed by atoms with van der Waals surface area (Å²) < 4.78 is 33.9. The summed E-state index contributed by atoms with van der Waals surface area (Å²) >= 11 is 0. The summed E-state index contributed by atoms with van der Waals surface area (Å²) in [5, 5.41) is 0. The second kappa shape index (κ2) is 9.12. The molecule has 6 heteroatoms. The topological polar surface area (TPSA) is 57.2 Å². The average molecular weight is 372 g/mol. The van der Waals surface area contributed by atoms with Gasteiger partial charge in [-0.3, -0.25) is 0 Å². The highest BCUT2D eigenvalue weighted by atomic mass is 32.2. The Hall–Kier alpha value is -0.950. The lowest BCUT2D eigenvalue weighted by molar-refractivity contribution is -1.03. The molecule has 0 radical (unpaired) electrons. The van der Waals surface area contributed by atoms with Gasteiger partial charge >= 0.3 is 0 Å². The number of quaternary nitrogens is 2. The molecule has 1 fully saturated rings. The Morgan fingerprint density at radius 2 is 1.12 bits per heavy atom. The van der Waals surface area contributed by atoms with E-state index in [9.17, 15) is 13.0 Å². The van der Waals surface area contributed by atoms with E-state index in [1.54, 1.807) is 12.1 Å². The van der Waals surface area contributed by atoms with E-state index in [4.69, 9.17) is 0 Å². The smallest absolute Gasteiger partial charge is 0.129 e. The molecule has 0 amide bonds. The van der Waals surface area contributed by atoms with Crippen molar-refractivity contribution in [1.82, 2.24) is 0 Å². The van der Waals surface area contributed by atoms with Crippen LogP contribution in [0.5, 0.6) is 0 Å². The van der Waals surface area contributed by atoms with Gasteiger partial charge in [-0.15, -0.1) is 0 Å². The lowest BCUT2D eigenvalue weighted by Gasteiger charge is -2.48. The third-order valence-electron chi connectivity index (χ3n) is 6.09. The van der Waals surface area contributed by atoms with Gasteiger partial charge in [0.1, 0.15) is 36.3 Å². The third-order valence-corrected chi connectivity index (χ3v) is 6.94. The van der Waals surface area contributed by atoms with Crippen molar-refractivity contribution < 1.29 is 21.9 Å². The molecule has 0 aliphatic carbocycles. The summed E-state index contributed by atoms with van der Waals surface area (Å²) in [4.78, 5) is -0.178. The largest absolute Gasteiger partial charge is 0.744 e. The maximum atomic E-state index is 10.4. The predicted molar refractivity (Wildman–Crippen MR) is 101 cm³/mol. The summed E-state index contributed by atoms with van der Waals surface area (Å²) in [6, 6.07) is 5.78. The first kappa shape index (κ1) is 22.1. The normalized spacial score (nSPS) is 19.0. The molecule has 1 aliphatic rings. The van der Waals surface area contributed by atoms with Crippen molar-refractivity contribution in [3.8, 4) is 0 Å². The summed E-state index contributed by atoms with van der Waals surface area (Å²) in [5.41, 5.74) is 0.928. The Balaban J connectivity index is 0.000000257. The van der Waals surface area contributed by atoms with Gasteiger partial charge in [0.05, 0.1) is 31.1 Å². The van der Waals surface area contributed by atoms with Gasteiger partial charge in [-0.25, -0.2) is 8.42 Å². The van der Waals surface area contributed by atoms with Gasteiger partial charge in [-0.2, -0.15) is 0 Å². The fourth-order valence-corrected chi connectivity index (χ4v) is 3.96. The molecule has 0 bridgehead atoms. The molecule has 144 valence electrons. The van der Waals surface area contributed by atoms with Crippen molar-refractivity contribution in [2.75, 3.05) is 52.4 Å². The van der Waals surface area contributed by atoms with Crippen LogP contribution in [0.15, 0.2) is 29.2 Å². The molecule has 2 rings (SSSR count). The zero-order valence-electron chi connectivity index (χ0n) is 16.5. The first-order chi connectivity index (χ1) is 11.7. The van der Waals surface area contributed by atoms with Crippen LogP contribution in [0.25, 0.3) is 0 Å². The molecule has 0 atom stereocenters. The second-order valence-corrected chi connectivity index (χ2v) is 8.49. The monoisotopic (exact) mass is 371 g/mol. The van der Waals surface area contributed by atoms with E-state index < -0.39 is 10.1 Å². The highest BCUT2D eigenvalue weighted by molar-refractivity contribution is 7.85. The number of hydrogen-bond acceptors (Lipinski definition) is 3. The van der Waals surface area contributed by atoms with Gasteiger partial charge in [-0.1, -0.05) is 17.7 Å². The maximum Gasteiger partial charge on any atom is 0.129 e. The number of hydrogen-bond donors (Lipinski definition) is 0. The van der Waals surface area contributed by atoms with Crippen LogP contribution in [-0.2, 0) is 10.1 Å². The molecule has 0 N–H and O–H groups in total. The number of piperazine rings is 1. The van der Waals surface area contributed by atoms with Crippen molar-refractivity contribution in [3.05, 3.63) is 29.8 Å². The van der Waals surface area contributed by atoms with E-state index in [1.807, 2.05) is 6.92 Å². The fourth-order valence-electron chi connectivity index (χ4n) is 3.49. The van der Waals surface area contributed by atoms with Crippen LogP contribution in [0, 0.1) is 6.92 Å². The van der Waals surface area contributed by atoms with Gasteiger partial charge in [0.2, 0.25) is 0 Å². The molecule has 25 heavy (non-hydrogen) atoms. The van der Waals surface area contributed by atoms with E-state index in [0.717, 1.165) is 5.56 Å². The Morgan fingerprint density at radius 1 is 0.800 bits per heavy atom. The lowest BCUT2D eigenvalue weighted by Crippen LogP contribution is -2.66. The molecule has 1 aromatic carbocycles. The number of benzene rings is 1. The van der Waals surface area contributed by atoms with Gasteiger partial charge in [0, 0.05) is 0 Å². The minimum Gasteiger partial charge on any atom is -0.744 e. The molecule has 0 spiro atoms. The highest BCUT2D eigenvalue weighted by Crippen LogP contribution is 2.18. The molecule has 5 nitrogen and oxygen atoms in total. The van der Waals surface area contributed by atoms with Crippen LogP contribution in [0.3, 0.4) is 0 Å². The highest BCUT2D eigenvalue weighted by Gasteiger charge is 2.38. The maximum absolute atomic E-state index is 10.4. The molecular weight excluding hydrogens is 336 g/mol. The van der Waals surface area contributed by atoms with Gasteiger partial charge < -0.3 is 13.5 Å². The minimum absolute atomic E-state index is 0.178. The van der Waals surface area contributed by atoms with Crippen LogP contribution in [0.4, 0.5) is 0 Å². The standard InChI is InChI=1S/C12H28N2.C7H8O3S/c1-5-13(6-2)9-11-14(7-3,8-4)12-10-13;1-6-2-4-7(5-3-6)11(8,9)10/h5-12H2,1-4H3;2-5H,1H3,(H,8,9,10)/q+2;/p-1. The summed E-state index contributed by atoms with van der Waals surface area (Å²) in [5.74, 6) is 0. The number of nitrogens with zero attached hydrogens (tertiary/aromatic N) is 2. The van der Waals surface area contributed by atoms with Crippen molar-refractivity contribution >= 4 is 10.1 Å². The third kappa shape index (κ3) is 6.06. The van der Waals surface area contributed by atoms with Crippen molar-refractivity contribution in [2.45, 2.75) is 39.5 Å². The predicted octanol–water partition coefficient (Wildman–Crippen LogP) is 2.61. The van der Waals surface area contributed by atoms with Crippen LogP contribution < -0.4 is 0 Å². The van der Waals surface area contributed by atoms with E-state index >= 15 is 0 Å². The van der Waals surface area contributed by atoms with E-state index in [-0.39, 0.29) is 4.90 Å². The molecular formula is C19H35N2O3S+. The van der Waals surface area contributed by atoms with Crippen LogP contribution in [-0.4, -0.2) is 74.3 Å². The molecule has 0 aromatic heterocycles. The summed E-state index contributed by atoms with van der Waals surface area (Å²) in [6.45, 7) is 22.1. The van der Waals surface area contributed by atoms with E-state index in [0.29, 0.717) is 0 Å². The Bertz CT molecular complexity index is 587. The van der Waals surface area contributed by atoms with Crippen molar-refractivity contribution in [1.29, 1.82) is 0 Å². The SMILES string of the molecule is CC[N+]1(CC)CC[N+](CC)(CC)CC1.Cc1ccc(S(=O)(=O)[O-])cc1. The number of likely N-dealkylation sites (N-methyl/N-ethyl adjacent to an activating group) is 2. The molecule has 1 aromatic rings. The Morgan fingerprint density at radius 3 is 1.36 bits per heavy atom. The molecule has 1 aliphatic heterocycles. The van der Waals surface area contributed by atoms with Gasteiger partial charge in [0.15, 0.2) is 0 Å². The fraction of sp³-hybridized carbons (Fsp3) is 0.684. The van der Waals surface area contributed by atoms with Gasteiger partial charge in [0.25, 0.3) is 0 Å². The first-order valence-electron chi connectivity index (χ1n) is 9.38. The second-order valence-electron chi connectivity index (χ2n) is 7.11. The number of aryl methyl sites for hydroxylation is 1. The van der Waals surface area contributed by atoms with Crippen molar-refractivity contribution in [3.63, 3.8) is 0 Å². The zero-order valence-corrected chi connectivity index (χ0v) is 17.3. The van der Waals surface area contributed by atoms with Gasteiger partial charge in [-0.05, 0) is 46.8 Å². The molecule has 1 heterocycles. The molecule has 1 saturated heterocycles. The van der Waals surface area contributed by atoms with Crippen LogP contribution >= 0.6 is 0 Å². The minimum atomic E-state index is -4.27. The Kier molecular flexibility index (Phi) is 8.06. The first-order valence-corrected chi connectivity index (χ1v) is 10.8. The number of rotatable bonds is 5. The molecule has 0 unspecified atom stereocenters. The van der Waals surface area contributed by atoms with Crippen LogP contribution in [0.2, 0.25) is 0 Å². The van der Waals surface area contributed by atoms with Crippen LogP contribution in [0.1, 0.15) is 33.3 Å². The Labute approximate surface area is 154 Å². The summed E-state index contributed by atoms with van der Waals surface area (Å²) in [7, 11) is -4.27. The van der Waals surface area contributed by atoms with E-state index in [1.165, 1.54) is 73.5 Å². The zero-order chi connectivity index (χ0) is 19.1. The average Bonchev–Trinajstić information content (AvgIpc) is 2.62. The molecule has 0 saturated carbocycles. The lowest BCUT2D eigenvalue weighted by atomic mass is 10.2. The van der Waals surface area contributed by atoms with Crippen molar-refractivity contribution in [2.24, 2.45) is 0 Å².